The quantitative estimate of drug-likeness (QED) is 0.828. The number of carbonyl (C=O) groups excluding carboxylic acids is 1. The zero-order valence-electron chi connectivity index (χ0n) is 11.5. The van der Waals surface area contributed by atoms with Crippen LogP contribution in [0, 0.1) is 5.92 Å². The van der Waals surface area contributed by atoms with Crippen molar-refractivity contribution in [1.29, 1.82) is 0 Å². The Morgan fingerprint density at radius 2 is 2.05 bits per heavy atom. The molecule has 0 bridgehead atoms. The Balaban J connectivity index is 1.84. The highest BCUT2D eigenvalue weighted by Crippen LogP contribution is 2.27. The third-order valence-electron chi connectivity index (χ3n) is 3.04. The summed E-state index contributed by atoms with van der Waals surface area (Å²) in [5.74, 6) is 0.638. The molecule has 8 heteroatoms. The Morgan fingerprint density at radius 3 is 2.65 bits per heavy atom. The van der Waals surface area contributed by atoms with Gasteiger partial charge in [0.05, 0.1) is 6.54 Å². The van der Waals surface area contributed by atoms with E-state index in [2.05, 4.69) is 10.6 Å². The number of carbonyl (C=O) groups is 1. The van der Waals surface area contributed by atoms with Gasteiger partial charge in [-0.1, -0.05) is 0 Å². The van der Waals surface area contributed by atoms with Crippen LogP contribution in [0.5, 0.6) is 0 Å². The summed E-state index contributed by atoms with van der Waals surface area (Å²) in [7, 11) is -0.388. The van der Waals surface area contributed by atoms with Gasteiger partial charge in [-0.3, -0.25) is 0 Å². The van der Waals surface area contributed by atoms with Crippen molar-refractivity contribution in [3.05, 3.63) is 17.0 Å². The van der Waals surface area contributed by atoms with E-state index in [4.69, 9.17) is 0 Å². The first-order valence-corrected chi connectivity index (χ1v) is 8.68. The molecular formula is C12H19N3O3S2. The molecular weight excluding hydrogens is 298 g/mol. The van der Waals surface area contributed by atoms with Gasteiger partial charge in [-0.2, -0.15) is 0 Å². The van der Waals surface area contributed by atoms with Crippen LogP contribution in [0.4, 0.5) is 4.79 Å². The molecule has 6 nitrogen and oxygen atoms in total. The minimum atomic E-state index is -3.38. The average Bonchev–Trinajstić information content (AvgIpc) is 3.09. The second kappa shape index (κ2) is 6.11. The van der Waals surface area contributed by atoms with Crippen LogP contribution in [-0.4, -0.2) is 39.4 Å². The van der Waals surface area contributed by atoms with Gasteiger partial charge in [-0.25, -0.2) is 17.5 Å². The highest BCUT2D eigenvalue weighted by Gasteiger charge is 2.22. The first kappa shape index (κ1) is 15.3. The molecule has 0 aliphatic heterocycles. The smallest absolute Gasteiger partial charge is 0.315 e. The Hall–Kier alpha value is -1.12. The molecule has 1 aliphatic carbocycles. The van der Waals surface area contributed by atoms with E-state index in [0.29, 0.717) is 12.5 Å². The molecule has 1 aliphatic rings. The van der Waals surface area contributed by atoms with E-state index in [-0.39, 0.29) is 10.2 Å². The van der Waals surface area contributed by atoms with E-state index in [1.807, 2.05) is 0 Å². The normalized spacial score (nSPS) is 15.3. The molecule has 2 rings (SSSR count). The molecule has 1 aromatic heterocycles. The van der Waals surface area contributed by atoms with Crippen molar-refractivity contribution in [1.82, 2.24) is 14.9 Å². The lowest BCUT2D eigenvalue weighted by Gasteiger charge is -2.08. The largest absolute Gasteiger partial charge is 0.338 e. The van der Waals surface area contributed by atoms with Gasteiger partial charge in [-0.05, 0) is 30.9 Å². The minimum absolute atomic E-state index is 0.206. The number of sulfonamides is 1. The molecule has 0 spiro atoms. The third-order valence-corrected chi connectivity index (χ3v) is 6.41. The number of thiophene rings is 1. The molecule has 1 saturated carbocycles. The molecule has 0 aromatic carbocycles. The number of amides is 2. The topological polar surface area (TPSA) is 78.5 Å². The fraction of sp³-hybridized carbons (Fsp3) is 0.583. The molecule has 0 unspecified atom stereocenters. The number of nitrogens with one attached hydrogen (secondary N) is 2. The Labute approximate surface area is 123 Å². The van der Waals surface area contributed by atoms with Gasteiger partial charge >= 0.3 is 6.03 Å². The second-order valence-corrected chi connectivity index (χ2v) is 8.56. The van der Waals surface area contributed by atoms with Crippen LogP contribution in [0.15, 0.2) is 16.3 Å². The Bertz CT molecular complexity index is 577. The summed E-state index contributed by atoms with van der Waals surface area (Å²) < 4.78 is 25.3. The molecule has 1 heterocycles. The summed E-state index contributed by atoms with van der Waals surface area (Å²) in [5.41, 5.74) is 0. The van der Waals surface area contributed by atoms with Gasteiger partial charge in [0.1, 0.15) is 4.21 Å². The zero-order valence-corrected chi connectivity index (χ0v) is 13.2. The van der Waals surface area contributed by atoms with Crippen LogP contribution in [0.25, 0.3) is 0 Å². The minimum Gasteiger partial charge on any atom is -0.338 e. The van der Waals surface area contributed by atoms with Crippen molar-refractivity contribution in [3.63, 3.8) is 0 Å². The van der Waals surface area contributed by atoms with Crippen LogP contribution in [0.3, 0.4) is 0 Å². The lowest BCUT2D eigenvalue weighted by molar-refractivity contribution is 0.240. The fourth-order valence-electron chi connectivity index (χ4n) is 1.56. The highest BCUT2D eigenvalue weighted by atomic mass is 32.2. The number of hydrogen-bond acceptors (Lipinski definition) is 4. The van der Waals surface area contributed by atoms with Crippen molar-refractivity contribution in [3.8, 4) is 0 Å². The van der Waals surface area contributed by atoms with Gasteiger partial charge in [0.15, 0.2) is 0 Å². The maximum atomic E-state index is 11.9. The van der Waals surface area contributed by atoms with Crippen molar-refractivity contribution in [2.75, 3.05) is 20.6 Å². The van der Waals surface area contributed by atoms with E-state index in [0.717, 1.165) is 11.4 Å². The van der Waals surface area contributed by atoms with E-state index < -0.39 is 10.0 Å². The molecule has 0 radical (unpaired) electrons. The van der Waals surface area contributed by atoms with Crippen LogP contribution >= 0.6 is 11.3 Å². The Kier molecular flexibility index (Phi) is 4.66. The van der Waals surface area contributed by atoms with Crippen molar-refractivity contribution < 1.29 is 13.2 Å². The number of nitrogens with zero attached hydrogens (tertiary/aromatic N) is 1. The number of rotatable bonds is 6. The molecule has 20 heavy (non-hydrogen) atoms. The SMILES string of the molecule is CN(C)S(=O)(=O)c1ccc(CNC(=O)NCC2CC2)s1. The average molecular weight is 317 g/mol. The maximum Gasteiger partial charge on any atom is 0.315 e. The van der Waals surface area contributed by atoms with Crippen LogP contribution < -0.4 is 10.6 Å². The second-order valence-electron chi connectivity index (χ2n) is 5.02. The van der Waals surface area contributed by atoms with E-state index in [9.17, 15) is 13.2 Å². The van der Waals surface area contributed by atoms with Crippen LogP contribution in [-0.2, 0) is 16.6 Å². The van der Waals surface area contributed by atoms with Crippen molar-refractivity contribution in [2.45, 2.75) is 23.6 Å². The molecule has 1 aromatic rings. The molecule has 0 atom stereocenters. The van der Waals surface area contributed by atoms with Gasteiger partial charge in [0, 0.05) is 25.5 Å². The molecule has 0 saturated heterocycles. The number of hydrogen-bond donors (Lipinski definition) is 2. The summed E-state index contributed by atoms with van der Waals surface area (Å²) in [5, 5.41) is 5.53. The molecule has 112 valence electrons. The molecule has 2 amide bonds. The molecule has 2 N–H and O–H groups in total. The van der Waals surface area contributed by atoms with Gasteiger partial charge in [0.25, 0.3) is 10.0 Å². The summed E-state index contributed by atoms with van der Waals surface area (Å²) in [6.45, 7) is 1.06. The predicted molar refractivity (Wildman–Crippen MR) is 78.2 cm³/mol. The van der Waals surface area contributed by atoms with Crippen LogP contribution in [0.2, 0.25) is 0 Å². The van der Waals surface area contributed by atoms with Crippen molar-refractivity contribution in [2.24, 2.45) is 5.92 Å². The Morgan fingerprint density at radius 1 is 1.35 bits per heavy atom. The lowest BCUT2D eigenvalue weighted by atomic mass is 10.4. The summed E-state index contributed by atoms with van der Waals surface area (Å²) in [4.78, 5) is 12.3. The van der Waals surface area contributed by atoms with Gasteiger partial charge < -0.3 is 10.6 Å². The van der Waals surface area contributed by atoms with Crippen molar-refractivity contribution >= 4 is 27.4 Å². The van der Waals surface area contributed by atoms with E-state index in [1.165, 1.54) is 42.6 Å². The predicted octanol–water partition coefficient (Wildman–Crippen LogP) is 1.21. The highest BCUT2D eigenvalue weighted by molar-refractivity contribution is 7.91. The standard InChI is InChI=1S/C12H19N3O3S2/c1-15(2)20(17,18)11-6-5-10(19-11)8-14-12(16)13-7-9-3-4-9/h5-6,9H,3-4,7-8H2,1-2H3,(H2,13,14,16). The lowest BCUT2D eigenvalue weighted by Crippen LogP contribution is -2.35. The molecule has 1 fully saturated rings. The summed E-state index contributed by atoms with van der Waals surface area (Å²) >= 11 is 1.17. The van der Waals surface area contributed by atoms with Gasteiger partial charge in [-0.15, -0.1) is 11.3 Å². The van der Waals surface area contributed by atoms with E-state index >= 15 is 0 Å². The number of urea groups is 1. The first-order valence-electron chi connectivity index (χ1n) is 6.42. The van der Waals surface area contributed by atoms with E-state index in [1.54, 1.807) is 12.1 Å². The van der Waals surface area contributed by atoms with Crippen LogP contribution in [0.1, 0.15) is 17.7 Å². The third kappa shape index (κ3) is 3.94. The van der Waals surface area contributed by atoms with Gasteiger partial charge in [0.2, 0.25) is 0 Å². The summed E-state index contributed by atoms with van der Waals surface area (Å²) in [6.07, 6.45) is 2.38. The fourth-order valence-corrected chi connectivity index (χ4v) is 4.03. The maximum absolute atomic E-state index is 11.9. The monoisotopic (exact) mass is 317 g/mol. The first-order chi connectivity index (χ1) is 9.39. The summed E-state index contributed by atoms with van der Waals surface area (Å²) in [6, 6.07) is 3.09. The zero-order chi connectivity index (χ0) is 14.8.